The number of unbranched alkanes of at least 4 members (excludes halogenated alkanes) is 1. The number of nitrogens with zero attached hydrogens (tertiary/aromatic N) is 1. The molecule has 1 aromatic carbocycles. The second kappa shape index (κ2) is 8.60. The van der Waals surface area contributed by atoms with Crippen LogP contribution in [0.5, 0.6) is 0 Å². The zero-order chi connectivity index (χ0) is 16.8. The predicted molar refractivity (Wildman–Crippen MR) is 91.2 cm³/mol. The summed E-state index contributed by atoms with van der Waals surface area (Å²) in [5.41, 5.74) is 0.305. The third-order valence-corrected chi connectivity index (χ3v) is 4.71. The fourth-order valence-electron chi connectivity index (χ4n) is 1.86. The van der Waals surface area contributed by atoms with Crippen molar-refractivity contribution in [2.45, 2.75) is 26.2 Å². The zero-order valence-electron chi connectivity index (χ0n) is 12.6. The van der Waals surface area contributed by atoms with Crippen molar-refractivity contribution in [2.75, 3.05) is 23.7 Å². The first-order valence-electron chi connectivity index (χ1n) is 6.95. The highest BCUT2D eigenvalue weighted by Gasteiger charge is 2.20. The maximum atomic E-state index is 12.0. The van der Waals surface area contributed by atoms with Crippen LogP contribution in [-0.2, 0) is 14.8 Å². The van der Waals surface area contributed by atoms with Crippen LogP contribution in [-0.4, -0.2) is 33.7 Å². The molecule has 0 aliphatic carbocycles. The number of hydrogen-bond acceptors (Lipinski definition) is 3. The molecule has 0 heterocycles. The molecule has 0 aliphatic rings. The van der Waals surface area contributed by atoms with E-state index in [0.717, 1.165) is 23.4 Å². The summed E-state index contributed by atoms with van der Waals surface area (Å²) in [6, 6.07) is 4.61. The Morgan fingerprint density at radius 2 is 2.00 bits per heavy atom. The van der Waals surface area contributed by atoms with E-state index in [2.05, 4.69) is 5.32 Å². The molecular weight excluding hydrogens is 347 g/mol. The summed E-state index contributed by atoms with van der Waals surface area (Å²) >= 11 is 12.0. The van der Waals surface area contributed by atoms with Crippen LogP contribution in [0.25, 0.3) is 0 Å². The van der Waals surface area contributed by atoms with Gasteiger partial charge in [-0.2, -0.15) is 0 Å². The van der Waals surface area contributed by atoms with E-state index in [0.29, 0.717) is 17.1 Å². The van der Waals surface area contributed by atoms with Gasteiger partial charge in [-0.05, 0) is 24.6 Å². The average molecular weight is 367 g/mol. The molecule has 0 spiro atoms. The molecule has 0 radical (unpaired) electrons. The minimum Gasteiger partial charge on any atom is -0.354 e. The molecule has 5 nitrogen and oxygen atoms in total. The molecule has 22 heavy (non-hydrogen) atoms. The van der Waals surface area contributed by atoms with Crippen molar-refractivity contribution in [3.8, 4) is 0 Å². The van der Waals surface area contributed by atoms with Gasteiger partial charge < -0.3 is 5.32 Å². The first kappa shape index (κ1) is 19.1. The summed E-state index contributed by atoms with van der Waals surface area (Å²) in [7, 11) is -3.53. The van der Waals surface area contributed by atoms with Gasteiger partial charge in [-0.15, -0.1) is 0 Å². The molecule has 8 heteroatoms. The Bertz CT molecular complexity index is 621. The molecule has 1 rings (SSSR count). The SMILES string of the molecule is CCCCC(=O)NCCN(c1cc(Cl)ccc1Cl)S(C)(=O)=O. The highest BCUT2D eigenvalue weighted by atomic mass is 35.5. The lowest BCUT2D eigenvalue weighted by atomic mass is 10.2. The van der Waals surface area contributed by atoms with Crippen LogP contribution in [0.2, 0.25) is 10.0 Å². The van der Waals surface area contributed by atoms with Gasteiger partial charge in [-0.25, -0.2) is 8.42 Å². The lowest BCUT2D eigenvalue weighted by Gasteiger charge is -2.23. The maximum absolute atomic E-state index is 12.0. The Kier molecular flexibility index (Phi) is 7.45. The number of carbonyl (C=O) groups excluding carboxylic acids is 1. The molecule has 0 atom stereocenters. The third-order valence-electron chi connectivity index (χ3n) is 2.97. The molecule has 0 aliphatic heterocycles. The van der Waals surface area contributed by atoms with Gasteiger partial charge in [0.2, 0.25) is 15.9 Å². The zero-order valence-corrected chi connectivity index (χ0v) is 14.9. The molecular formula is C14H20Cl2N2O3S. The molecule has 1 aromatic rings. The number of benzene rings is 1. The number of sulfonamides is 1. The van der Waals surface area contributed by atoms with Gasteiger partial charge in [-0.3, -0.25) is 9.10 Å². The molecule has 0 fully saturated rings. The lowest BCUT2D eigenvalue weighted by molar-refractivity contribution is -0.121. The normalized spacial score (nSPS) is 11.3. The number of carbonyl (C=O) groups is 1. The number of hydrogen-bond donors (Lipinski definition) is 1. The van der Waals surface area contributed by atoms with E-state index in [-0.39, 0.29) is 24.0 Å². The minimum atomic E-state index is -3.53. The molecule has 124 valence electrons. The van der Waals surface area contributed by atoms with E-state index in [1.807, 2.05) is 6.92 Å². The van der Waals surface area contributed by atoms with E-state index in [1.54, 1.807) is 6.07 Å². The molecule has 0 bridgehead atoms. The Morgan fingerprint density at radius 3 is 2.59 bits per heavy atom. The van der Waals surface area contributed by atoms with Gasteiger partial charge in [-0.1, -0.05) is 36.5 Å². The van der Waals surface area contributed by atoms with Crippen LogP contribution in [0.3, 0.4) is 0 Å². The summed E-state index contributed by atoms with van der Waals surface area (Å²) in [5, 5.41) is 3.38. The number of anilines is 1. The maximum Gasteiger partial charge on any atom is 0.232 e. The highest BCUT2D eigenvalue weighted by molar-refractivity contribution is 7.92. The fourth-order valence-corrected chi connectivity index (χ4v) is 3.23. The number of halogens is 2. The molecule has 1 amide bonds. The van der Waals surface area contributed by atoms with E-state index in [9.17, 15) is 13.2 Å². The van der Waals surface area contributed by atoms with Gasteiger partial charge >= 0.3 is 0 Å². The van der Waals surface area contributed by atoms with Crippen molar-refractivity contribution in [1.82, 2.24) is 5.32 Å². The van der Waals surface area contributed by atoms with E-state index < -0.39 is 10.0 Å². The summed E-state index contributed by atoms with van der Waals surface area (Å²) in [4.78, 5) is 11.6. The van der Waals surface area contributed by atoms with Gasteiger partial charge in [0.1, 0.15) is 0 Å². The monoisotopic (exact) mass is 366 g/mol. The number of nitrogens with one attached hydrogen (secondary N) is 1. The second-order valence-electron chi connectivity index (χ2n) is 4.88. The van der Waals surface area contributed by atoms with Crippen LogP contribution in [0.1, 0.15) is 26.2 Å². The van der Waals surface area contributed by atoms with Gasteiger partial charge in [0.25, 0.3) is 0 Å². The average Bonchev–Trinajstić information content (AvgIpc) is 2.43. The third kappa shape index (κ3) is 6.02. The summed E-state index contributed by atoms with van der Waals surface area (Å²) in [6.07, 6.45) is 3.26. The van der Waals surface area contributed by atoms with Crippen molar-refractivity contribution in [3.63, 3.8) is 0 Å². The van der Waals surface area contributed by atoms with Crippen molar-refractivity contribution < 1.29 is 13.2 Å². The Hall–Kier alpha value is -0.980. The predicted octanol–water partition coefficient (Wildman–Crippen LogP) is 3.07. The van der Waals surface area contributed by atoms with E-state index in [4.69, 9.17) is 23.2 Å². The molecule has 0 aromatic heterocycles. The molecule has 0 unspecified atom stereocenters. The smallest absolute Gasteiger partial charge is 0.232 e. The first-order valence-corrected chi connectivity index (χ1v) is 9.55. The first-order chi connectivity index (χ1) is 10.3. The van der Waals surface area contributed by atoms with Crippen LogP contribution in [0.4, 0.5) is 5.69 Å². The van der Waals surface area contributed by atoms with Crippen LogP contribution in [0.15, 0.2) is 18.2 Å². The van der Waals surface area contributed by atoms with Crippen LogP contribution in [0, 0.1) is 0 Å². The van der Waals surface area contributed by atoms with Crippen molar-refractivity contribution in [1.29, 1.82) is 0 Å². The quantitative estimate of drug-likeness (QED) is 0.768. The van der Waals surface area contributed by atoms with Gasteiger partial charge in [0, 0.05) is 18.0 Å². The molecule has 0 saturated carbocycles. The number of rotatable bonds is 8. The highest BCUT2D eigenvalue weighted by Crippen LogP contribution is 2.30. The van der Waals surface area contributed by atoms with Gasteiger partial charge in [0.15, 0.2) is 0 Å². The summed E-state index contributed by atoms with van der Waals surface area (Å²) in [6.45, 7) is 2.30. The van der Waals surface area contributed by atoms with Gasteiger partial charge in [0.05, 0.1) is 23.5 Å². The Labute approximate surface area is 141 Å². The summed E-state index contributed by atoms with van der Waals surface area (Å²) in [5.74, 6) is -0.0903. The largest absolute Gasteiger partial charge is 0.354 e. The second-order valence-corrected chi connectivity index (χ2v) is 7.63. The van der Waals surface area contributed by atoms with Crippen molar-refractivity contribution >= 4 is 44.8 Å². The minimum absolute atomic E-state index is 0.0903. The van der Waals surface area contributed by atoms with E-state index >= 15 is 0 Å². The topological polar surface area (TPSA) is 66.5 Å². The molecule has 1 N–H and O–H groups in total. The standard InChI is InChI=1S/C14H20Cl2N2O3S/c1-3-4-5-14(19)17-8-9-18(22(2,20)21)13-10-11(15)6-7-12(13)16/h6-7,10H,3-5,8-9H2,1-2H3,(H,17,19). The molecule has 0 saturated heterocycles. The van der Waals surface area contributed by atoms with Crippen LogP contribution < -0.4 is 9.62 Å². The van der Waals surface area contributed by atoms with E-state index in [1.165, 1.54) is 12.1 Å². The van der Waals surface area contributed by atoms with Crippen LogP contribution >= 0.6 is 23.2 Å². The number of amides is 1. The lowest BCUT2D eigenvalue weighted by Crippen LogP contribution is -2.38. The fraction of sp³-hybridized carbons (Fsp3) is 0.500. The van der Waals surface area contributed by atoms with Crippen molar-refractivity contribution in [2.24, 2.45) is 0 Å². The Morgan fingerprint density at radius 1 is 1.32 bits per heavy atom. The van der Waals surface area contributed by atoms with Crippen molar-refractivity contribution in [3.05, 3.63) is 28.2 Å². The summed E-state index contributed by atoms with van der Waals surface area (Å²) < 4.78 is 25.0. The Balaban J connectivity index is 2.79.